The number of nitrogens with zero attached hydrogens (tertiary/aromatic N) is 1. The maximum absolute atomic E-state index is 12.2. The molecule has 0 aromatic carbocycles. The fraction of sp³-hybridized carbons (Fsp3) is 0.846. The van der Waals surface area contributed by atoms with E-state index in [0.29, 0.717) is 13.2 Å². The van der Waals surface area contributed by atoms with Crippen LogP contribution in [0.25, 0.3) is 0 Å². The molecule has 2 aliphatic heterocycles. The van der Waals surface area contributed by atoms with Crippen molar-refractivity contribution in [3.63, 3.8) is 0 Å². The van der Waals surface area contributed by atoms with Crippen molar-refractivity contribution in [1.82, 2.24) is 10.2 Å². The molecule has 1 atom stereocenters. The third kappa shape index (κ3) is 4.41. The van der Waals surface area contributed by atoms with Gasteiger partial charge in [0, 0.05) is 26.3 Å². The van der Waals surface area contributed by atoms with E-state index in [1.165, 1.54) is 11.8 Å². The molecule has 21 heavy (non-hydrogen) atoms. The van der Waals surface area contributed by atoms with Gasteiger partial charge in [-0.1, -0.05) is 0 Å². The van der Waals surface area contributed by atoms with Gasteiger partial charge in [-0.15, -0.1) is 0 Å². The minimum Gasteiger partial charge on any atom is -0.381 e. The molecule has 120 valence electrons. The number of amides is 2. The van der Waals surface area contributed by atoms with Gasteiger partial charge in [-0.2, -0.15) is 0 Å². The van der Waals surface area contributed by atoms with E-state index in [1.54, 1.807) is 0 Å². The van der Waals surface area contributed by atoms with Gasteiger partial charge >= 0.3 is 6.03 Å². The first-order valence-electron chi connectivity index (χ1n) is 7.23. The van der Waals surface area contributed by atoms with Crippen LogP contribution in [-0.2, 0) is 19.4 Å². The Bertz CT molecular complexity index is 485. The van der Waals surface area contributed by atoms with Gasteiger partial charge in [0.15, 0.2) is 15.6 Å². The Kier molecular flexibility index (Phi) is 5.21. The van der Waals surface area contributed by atoms with Crippen LogP contribution in [0.15, 0.2) is 0 Å². The van der Waals surface area contributed by atoms with Gasteiger partial charge in [0.25, 0.3) is 0 Å². The van der Waals surface area contributed by atoms with E-state index in [4.69, 9.17) is 4.74 Å². The monoisotopic (exact) mass is 318 g/mol. The van der Waals surface area contributed by atoms with Crippen LogP contribution in [0, 0.1) is 5.92 Å². The zero-order chi connectivity index (χ0) is 15.5. The average molecular weight is 318 g/mol. The molecule has 7 nitrogen and oxygen atoms in total. The molecule has 1 unspecified atom stereocenters. The maximum Gasteiger partial charge on any atom is 0.318 e. The van der Waals surface area contributed by atoms with Crippen LogP contribution in [0.5, 0.6) is 0 Å². The van der Waals surface area contributed by atoms with Crippen LogP contribution >= 0.6 is 0 Å². The van der Waals surface area contributed by atoms with E-state index in [9.17, 15) is 18.0 Å². The number of Topliss-reactive ketones (excluding diaryl/α,β-unsaturated/α-hetero) is 1. The van der Waals surface area contributed by atoms with Crippen LogP contribution in [0.3, 0.4) is 0 Å². The third-order valence-corrected chi connectivity index (χ3v) is 5.70. The number of nitrogens with one attached hydrogen (secondary N) is 1. The van der Waals surface area contributed by atoms with Gasteiger partial charge in [-0.05, 0) is 25.7 Å². The first-order valence-corrected chi connectivity index (χ1v) is 9.05. The van der Waals surface area contributed by atoms with Crippen LogP contribution in [-0.4, -0.2) is 69.0 Å². The van der Waals surface area contributed by atoms with Crippen LogP contribution in [0.2, 0.25) is 0 Å². The number of hydrogen-bond acceptors (Lipinski definition) is 5. The summed E-state index contributed by atoms with van der Waals surface area (Å²) in [5.41, 5.74) is 0. The van der Waals surface area contributed by atoms with E-state index in [0.717, 1.165) is 12.8 Å². The molecule has 0 spiro atoms. The molecule has 2 saturated heterocycles. The zero-order valence-electron chi connectivity index (χ0n) is 12.2. The van der Waals surface area contributed by atoms with Crippen molar-refractivity contribution in [3.05, 3.63) is 0 Å². The number of urea groups is 1. The van der Waals surface area contributed by atoms with Gasteiger partial charge in [0.05, 0.1) is 17.5 Å². The number of hydrogen-bond donors (Lipinski definition) is 1. The van der Waals surface area contributed by atoms with E-state index >= 15 is 0 Å². The van der Waals surface area contributed by atoms with Crippen molar-refractivity contribution < 1.29 is 22.7 Å². The largest absolute Gasteiger partial charge is 0.381 e. The van der Waals surface area contributed by atoms with Crippen molar-refractivity contribution in [2.75, 3.05) is 37.8 Å². The topological polar surface area (TPSA) is 92.8 Å². The molecular weight excluding hydrogens is 296 g/mol. The summed E-state index contributed by atoms with van der Waals surface area (Å²) < 4.78 is 28.0. The van der Waals surface area contributed by atoms with Gasteiger partial charge < -0.3 is 15.0 Å². The van der Waals surface area contributed by atoms with Gasteiger partial charge in [-0.25, -0.2) is 13.2 Å². The highest BCUT2D eigenvalue weighted by Crippen LogP contribution is 2.20. The van der Waals surface area contributed by atoms with E-state index in [2.05, 4.69) is 5.32 Å². The number of ether oxygens (including phenoxy) is 1. The molecule has 2 rings (SSSR count). The predicted octanol–water partition coefficient (Wildman–Crippen LogP) is -0.189. The van der Waals surface area contributed by atoms with Crippen molar-refractivity contribution in [2.45, 2.75) is 25.8 Å². The Morgan fingerprint density at radius 2 is 1.76 bits per heavy atom. The SMILES string of the molecule is CC(=O)C(NC(=O)N1CCS(=O)(=O)CC1)C1CCOCC1. The van der Waals surface area contributed by atoms with Gasteiger partial charge in [0.1, 0.15) is 0 Å². The normalized spacial score (nSPS) is 24.3. The summed E-state index contributed by atoms with van der Waals surface area (Å²) in [6.45, 7) is 3.05. The third-order valence-electron chi connectivity index (χ3n) is 4.09. The molecule has 0 saturated carbocycles. The number of rotatable bonds is 3. The summed E-state index contributed by atoms with van der Waals surface area (Å²) in [5.74, 6) is -0.00111. The highest BCUT2D eigenvalue weighted by Gasteiger charge is 2.32. The molecule has 0 radical (unpaired) electrons. The van der Waals surface area contributed by atoms with Crippen molar-refractivity contribution in [2.24, 2.45) is 5.92 Å². The summed E-state index contributed by atoms with van der Waals surface area (Å²) >= 11 is 0. The second-order valence-electron chi connectivity index (χ2n) is 5.63. The smallest absolute Gasteiger partial charge is 0.318 e. The highest BCUT2D eigenvalue weighted by molar-refractivity contribution is 7.91. The van der Waals surface area contributed by atoms with Crippen molar-refractivity contribution in [3.8, 4) is 0 Å². The van der Waals surface area contributed by atoms with E-state index in [1.807, 2.05) is 0 Å². The Morgan fingerprint density at radius 3 is 2.29 bits per heavy atom. The highest BCUT2D eigenvalue weighted by atomic mass is 32.2. The molecule has 0 aromatic rings. The first kappa shape index (κ1) is 16.2. The Labute approximate surface area is 124 Å². The number of carbonyl (C=O) groups excluding carboxylic acids is 2. The van der Waals surface area contributed by atoms with E-state index < -0.39 is 15.9 Å². The van der Waals surface area contributed by atoms with Crippen LogP contribution < -0.4 is 5.32 Å². The Morgan fingerprint density at radius 1 is 1.19 bits per heavy atom. The number of sulfone groups is 1. The summed E-state index contributed by atoms with van der Waals surface area (Å²) in [6.07, 6.45) is 1.50. The Balaban J connectivity index is 1.93. The molecular formula is C13H22N2O5S. The first-order chi connectivity index (χ1) is 9.89. The quantitative estimate of drug-likeness (QED) is 0.778. The van der Waals surface area contributed by atoms with Gasteiger partial charge in [-0.3, -0.25) is 4.79 Å². The minimum atomic E-state index is -3.02. The predicted molar refractivity (Wildman–Crippen MR) is 76.8 cm³/mol. The molecule has 0 bridgehead atoms. The Hall–Kier alpha value is -1.15. The fourth-order valence-corrected chi connectivity index (χ4v) is 3.94. The zero-order valence-corrected chi connectivity index (χ0v) is 13.0. The van der Waals surface area contributed by atoms with Crippen molar-refractivity contribution in [1.29, 1.82) is 0 Å². The molecule has 0 aromatic heterocycles. The molecule has 2 heterocycles. The lowest BCUT2D eigenvalue weighted by atomic mass is 9.89. The average Bonchev–Trinajstić information content (AvgIpc) is 2.45. The van der Waals surface area contributed by atoms with E-state index in [-0.39, 0.29) is 42.3 Å². The van der Waals surface area contributed by atoms with Crippen LogP contribution in [0.1, 0.15) is 19.8 Å². The number of ketones is 1. The van der Waals surface area contributed by atoms with Gasteiger partial charge in [0.2, 0.25) is 0 Å². The molecule has 2 amide bonds. The summed E-state index contributed by atoms with van der Waals surface area (Å²) in [7, 11) is -3.02. The molecule has 2 fully saturated rings. The summed E-state index contributed by atoms with van der Waals surface area (Å²) in [5, 5.41) is 2.77. The standard InChI is InChI=1S/C13H22N2O5S/c1-10(16)12(11-2-6-20-7-3-11)14-13(17)15-4-8-21(18,19)9-5-15/h11-12H,2-9H2,1H3,(H,14,17). The van der Waals surface area contributed by atoms with Crippen LogP contribution in [0.4, 0.5) is 4.79 Å². The molecule has 0 aliphatic carbocycles. The number of carbonyl (C=O) groups is 2. The van der Waals surface area contributed by atoms with Crippen molar-refractivity contribution >= 4 is 21.7 Å². The second-order valence-corrected chi connectivity index (χ2v) is 7.93. The summed E-state index contributed by atoms with van der Waals surface area (Å²) in [4.78, 5) is 25.5. The lowest BCUT2D eigenvalue weighted by Crippen LogP contribution is -2.54. The summed E-state index contributed by atoms with van der Waals surface area (Å²) in [6, 6.07) is -0.864. The molecule has 2 aliphatic rings. The maximum atomic E-state index is 12.2. The minimum absolute atomic E-state index is 0.0115. The lowest BCUT2D eigenvalue weighted by molar-refractivity contribution is -0.120. The fourth-order valence-electron chi connectivity index (χ4n) is 2.74. The lowest BCUT2D eigenvalue weighted by Gasteiger charge is -2.32. The molecule has 1 N–H and O–H groups in total. The molecule has 8 heteroatoms. The second kappa shape index (κ2) is 6.74.